The molecule has 5 heteroatoms. The molecule has 0 bridgehead atoms. The maximum absolute atomic E-state index is 13.3. The summed E-state index contributed by atoms with van der Waals surface area (Å²) in [4.78, 5) is 8.93. The number of halogens is 2. The zero-order valence-corrected chi connectivity index (χ0v) is 12.5. The Labute approximate surface area is 120 Å². The molecular formula is C14H15BrFN3. The van der Waals surface area contributed by atoms with Crippen LogP contribution in [0.15, 0.2) is 28.7 Å². The average molecular weight is 324 g/mol. The lowest BCUT2D eigenvalue weighted by molar-refractivity contribution is 0.628. The number of rotatable bonds is 4. The van der Waals surface area contributed by atoms with Crippen molar-refractivity contribution in [2.24, 2.45) is 0 Å². The van der Waals surface area contributed by atoms with Crippen molar-refractivity contribution < 1.29 is 4.39 Å². The monoisotopic (exact) mass is 323 g/mol. The highest BCUT2D eigenvalue weighted by atomic mass is 79.9. The standard InChI is InChI=1S/C14H15BrFN3/c1-3-11-12(15)14(17-4-2)19-13(18-11)9-6-5-7-10(16)8-9/h5-8H,3-4H2,1-2H3,(H,17,18,19). The van der Waals surface area contributed by atoms with E-state index >= 15 is 0 Å². The minimum atomic E-state index is -0.285. The molecule has 0 atom stereocenters. The fraction of sp³-hybridized carbons (Fsp3) is 0.286. The molecule has 1 heterocycles. The summed E-state index contributed by atoms with van der Waals surface area (Å²) in [7, 11) is 0. The summed E-state index contributed by atoms with van der Waals surface area (Å²) in [6.45, 7) is 4.79. The van der Waals surface area contributed by atoms with Crippen molar-refractivity contribution in [1.82, 2.24) is 9.97 Å². The highest BCUT2D eigenvalue weighted by Gasteiger charge is 2.12. The number of hydrogen-bond acceptors (Lipinski definition) is 3. The molecule has 2 aromatic rings. The molecule has 19 heavy (non-hydrogen) atoms. The Morgan fingerprint density at radius 1 is 1.26 bits per heavy atom. The van der Waals surface area contributed by atoms with Gasteiger partial charge in [0.15, 0.2) is 5.82 Å². The topological polar surface area (TPSA) is 37.8 Å². The predicted molar refractivity (Wildman–Crippen MR) is 78.7 cm³/mol. The van der Waals surface area contributed by atoms with Crippen LogP contribution in [0, 0.1) is 5.82 Å². The van der Waals surface area contributed by atoms with Crippen molar-refractivity contribution in [3.63, 3.8) is 0 Å². The van der Waals surface area contributed by atoms with Gasteiger partial charge in [0.1, 0.15) is 11.6 Å². The summed E-state index contributed by atoms with van der Waals surface area (Å²) in [5.41, 5.74) is 1.59. The summed E-state index contributed by atoms with van der Waals surface area (Å²) in [5, 5.41) is 3.18. The Hall–Kier alpha value is -1.49. The molecular weight excluding hydrogens is 309 g/mol. The molecule has 0 aliphatic rings. The van der Waals surface area contributed by atoms with Crippen LogP contribution in [0.25, 0.3) is 11.4 Å². The Morgan fingerprint density at radius 3 is 2.68 bits per heavy atom. The van der Waals surface area contributed by atoms with E-state index in [4.69, 9.17) is 0 Å². The fourth-order valence-corrected chi connectivity index (χ4v) is 2.37. The first kappa shape index (κ1) is 13.9. The molecule has 0 aliphatic heterocycles. The van der Waals surface area contributed by atoms with E-state index in [2.05, 4.69) is 31.2 Å². The molecule has 0 amide bonds. The van der Waals surface area contributed by atoms with Gasteiger partial charge in [-0.15, -0.1) is 0 Å². The lowest BCUT2D eigenvalue weighted by atomic mass is 10.2. The van der Waals surface area contributed by atoms with Crippen molar-refractivity contribution in [3.05, 3.63) is 40.2 Å². The van der Waals surface area contributed by atoms with Crippen LogP contribution in [0.2, 0.25) is 0 Å². The molecule has 1 aromatic heterocycles. The summed E-state index contributed by atoms with van der Waals surface area (Å²) in [6, 6.07) is 6.32. The second kappa shape index (κ2) is 6.10. The fourth-order valence-electron chi connectivity index (χ4n) is 1.77. The predicted octanol–water partition coefficient (Wildman–Crippen LogP) is 4.04. The molecule has 0 fully saturated rings. The molecule has 2 rings (SSSR count). The number of benzene rings is 1. The van der Waals surface area contributed by atoms with Gasteiger partial charge in [-0.2, -0.15) is 0 Å². The smallest absolute Gasteiger partial charge is 0.161 e. The minimum Gasteiger partial charge on any atom is -0.369 e. The second-order valence-corrected chi connectivity index (χ2v) is 4.84. The van der Waals surface area contributed by atoms with Gasteiger partial charge in [0.2, 0.25) is 0 Å². The van der Waals surface area contributed by atoms with Crippen LogP contribution in [0.5, 0.6) is 0 Å². The molecule has 0 saturated carbocycles. The summed E-state index contributed by atoms with van der Waals surface area (Å²) < 4.78 is 14.2. The van der Waals surface area contributed by atoms with Crippen LogP contribution in [0.1, 0.15) is 19.5 Å². The van der Waals surface area contributed by atoms with Gasteiger partial charge in [-0.3, -0.25) is 0 Å². The van der Waals surface area contributed by atoms with E-state index in [1.54, 1.807) is 6.07 Å². The summed E-state index contributed by atoms with van der Waals surface area (Å²) >= 11 is 3.50. The third kappa shape index (κ3) is 3.10. The normalized spacial score (nSPS) is 10.5. The maximum Gasteiger partial charge on any atom is 0.161 e. The Bertz CT molecular complexity index is 587. The van der Waals surface area contributed by atoms with Gasteiger partial charge in [0.25, 0.3) is 0 Å². The maximum atomic E-state index is 13.3. The number of hydrogen-bond donors (Lipinski definition) is 1. The molecule has 0 aliphatic carbocycles. The highest BCUT2D eigenvalue weighted by Crippen LogP contribution is 2.27. The molecule has 0 spiro atoms. The molecule has 3 nitrogen and oxygen atoms in total. The Balaban J connectivity index is 2.54. The van der Waals surface area contributed by atoms with E-state index < -0.39 is 0 Å². The van der Waals surface area contributed by atoms with Gasteiger partial charge < -0.3 is 5.32 Å². The Morgan fingerprint density at radius 2 is 2.05 bits per heavy atom. The summed E-state index contributed by atoms with van der Waals surface area (Å²) in [6.07, 6.45) is 0.782. The van der Waals surface area contributed by atoms with Gasteiger partial charge in [-0.1, -0.05) is 19.1 Å². The van der Waals surface area contributed by atoms with E-state index in [1.807, 2.05) is 19.9 Å². The number of nitrogens with zero attached hydrogens (tertiary/aromatic N) is 2. The first-order valence-electron chi connectivity index (χ1n) is 6.22. The lowest BCUT2D eigenvalue weighted by Gasteiger charge is -2.11. The van der Waals surface area contributed by atoms with Crippen LogP contribution in [-0.2, 0) is 6.42 Å². The number of nitrogens with one attached hydrogen (secondary N) is 1. The molecule has 1 N–H and O–H groups in total. The zero-order valence-electron chi connectivity index (χ0n) is 10.9. The quantitative estimate of drug-likeness (QED) is 0.922. The third-order valence-corrected chi connectivity index (χ3v) is 3.52. The molecule has 0 unspecified atom stereocenters. The molecule has 1 aromatic carbocycles. The second-order valence-electron chi connectivity index (χ2n) is 4.05. The largest absolute Gasteiger partial charge is 0.369 e. The van der Waals surface area contributed by atoms with Crippen molar-refractivity contribution in [1.29, 1.82) is 0 Å². The van der Waals surface area contributed by atoms with E-state index in [-0.39, 0.29) is 5.82 Å². The minimum absolute atomic E-state index is 0.285. The van der Waals surface area contributed by atoms with Crippen LogP contribution >= 0.6 is 15.9 Å². The van der Waals surface area contributed by atoms with E-state index in [0.29, 0.717) is 11.4 Å². The van der Waals surface area contributed by atoms with Gasteiger partial charge in [-0.05, 0) is 41.4 Å². The van der Waals surface area contributed by atoms with Gasteiger partial charge in [0.05, 0.1) is 10.2 Å². The van der Waals surface area contributed by atoms with Crippen molar-refractivity contribution >= 4 is 21.7 Å². The van der Waals surface area contributed by atoms with Crippen LogP contribution in [-0.4, -0.2) is 16.5 Å². The third-order valence-electron chi connectivity index (χ3n) is 2.68. The van der Waals surface area contributed by atoms with E-state index in [9.17, 15) is 4.39 Å². The van der Waals surface area contributed by atoms with Gasteiger partial charge >= 0.3 is 0 Å². The van der Waals surface area contributed by atoms with E-state index in [1.165, 1.54) is 12.1 Å². The lowest BCUT2D eigenvalue weighted by Crippen LogP contribution is -2.05. The average Bonchev–Trinajstić information content (AvgIpc) is 2.41. The first-order valence-corrected chi connectivity index (χ1v) is 7.01. The first-order chi connectivity index (χ1) is 9.15. The molecule has 0 saturated heterocycles. The Kier molecular flexibility index (Phi) is 4.47. The highest BCUT2D eigenvalue weighted by molar-refractivity contribution is 9.10. The molecule has 100 valence electrons. The van der Waals surface area contributed by atoms with Crippen LogP contribution in [0.4, 0.5) is 10.2 Å². The number of aryl methyl sites for hydroxylation is 1. The van der Waals surface area contributed by atoms with Crippen molar-refractivity contribution in [3.8, 4) is 11.4 Å². The van der Waals surface area contributed by atoms with Crippen LogP contribution < -0.4 is 5.32 Å². The van der Waals surface area contributed by atoms with Gasteiger partial charge in [-0.25, -0.2) is 14.4 Å². The van der Waals surface area contributed by atoms with Gasteiger partial charge in [0, 0.05) is 12.1 Å². The number of aromatic nitrogens is 2. The van der Waals surface area contributed by atoms with E-state index in [0.717, 1.165) is 29.0 Å². The SMILES string of the molecule is CCNc1nc(-c2cccc(F)c2)nc(CC)c1Br. The van der Waals surface area contributed by atoms with Crippen LogP contribution in [0.3, 0.4) is 0 Å². The summed E-state index contributed by atoms with van der Waals surface area (Å²) in [5.74, 6) is 0.996. The zero-order chi connectivity index (χ0) is 13.8. The van der Waals surface area contributed by atoms with Crippen molar-refractivity contribution in [2.75, 3.05) is 11.9 Å². The van der Waals surface area contributed by atoms with Crippen molar-refractivity contribution in [2.45, 2.75) is 20.3 Å². The number of anilines is 1. The molecule has 0 radical (unpaired) electrons.